The standard InChI is InChI=1S/C20H16F2N2O2/c1-2-26-20(25)18-16(21)17(22)19-23(12-13-8-4-3-5-9-13)14-10-6-7-11-15(14)24(18)19/h3-11H,2,12H2,1H3. The van der Waals surface area contributed by atoms with Crippen LogP contribution in [0.4, 0.5) is 8.78 Å². The number of para-hydroxylation sites is 2. The maximum Gasteiger partial charge on any atom is 0.358 e. The monoisotopic (exact) mass is 354 g/mol. The molecule has 6 heteroatoms. The van der Waals surface area contributed by atoms with Crippen LogP contribution < -0.4 is 0 Å². The molecule has 0 unspecified atom stereocenters. The minimum absolute atomic E-state index is 0.00982. The molecule has 4 rings (SSSR count). The molecule has 0 radical (unpaired) electrons. The van der Waals surface area contributed by atoms with E-state index in [1.165, 1.54) is 4.40 Å². The number of benzene rings is 2. The number of halogens is 2. The number of carbonyl (C=O) groups is 1. The largest absolute Gasteiger partial charge is 0.461 e. The van der Waals surface area contributed by atoms with E-state index in [4.69, 9.17) is 4.74 Å². The van der Waals surface area contributed by atoms with E-state index in [9.17, 15) is 13.6 Å². The van der Waals surface area contributed by atoms with Crippen LogP contribution in [0.1, 0.15) is 23.0 Å². The Morgan fingerprint density at radius 2 is 1.62 bits per heavy atom. The van der Waals surface area contributed by atoms with Gasteiger partial charge in [-0.15, -0.1) is 0 Å². The summed E-state index contributed by atoms with van der Waals surface area (Å²) in [5.74, 6) is -3.13. The van der Waals surface area contributed by atoms with Crippen LogP contribution in [-0.4, -0.2) is 21.5 Å². The number of nitrogens with zero attached hydrogens (tertiary/aromatic N) is 2. The molecule has 0 fully saturated rings. The lowest BCUT2D eigenvalue weighted by molar-refractivity contribution is 0.0512. The van der Waals surface area contributed by atoms with Gasteiger partial charge in [0.1, 0.15) is 0 Å². The number of hydrogen-bond acceptors (Lipinski definition) is 2. The molecular formula is C20H16F2N2O2. The average molecular weight is 354 g/mol. The van der Waals surface area contributed by atoms with Gasteiger partial charge in [0.2, 0.25) is 5.82 Å². The molecular weight excluding hydrogens is 338 g/mol. The van der Waals surface area contributed by atoms with E-state index in [-0.39, 0.29) is 12.3 Å². The zero-order valence-electron chi connectivity index (χ0n) is 14.1. The summed E-state index contributed by atoms with van der Waals surface area (Å²) in [4.78, 5) is 12.2. The van der Waals surface area contributed by atoms with Crippen molar-refractivity contribution in [2.75, 3.05) is 6.61 Å². The molecule has 2 aromatic carbocycles. The Labute approximate surface area is 148 Å². The van der Waals surface area contributed by atoms with Gasteiger partial charge in [-0.25, -0.2) is 9.18 Å². The highest BCUT2D eigenvalue weighted by molar-refractivity contribution is 5.94. The number of imidazole rings is 1. The molecule has 0 aliphatic heterocycles. The first-order chi connectivity index (χ1) is 12.6. The molecule has 2 aromatic heterocycles. The SMILES string of the molecule is CCOC(=O)c1c(F)c(F)c2n(Cc3ccccc3)c3ccccc3n12. The Kier molecular flexibility index (Phi) is 3.95. The van der Waals surface area contributed by atoms with Gasteiger partial charge in [0.15, 0.2) is 17.2 Å². The molecule has 0 aliphatic carbocycles. The summed E-state index contributed by atoms with van der Waals surface area (Å²) in [5.41, 5.74) is 1.78. The highest BCUT2D eigenvalue weighted by Gasteiger charge is 2.30. The van der Waals surface area contributed by atoms with Crippen LogP contribution in [0, 0.1) is 11.6 Å². The smallest absolute Gasteiger partial charge is 0.358 e. The summed E-state index contributed by atoms with van der Waals surface area (Å²) in [6.07, 6.45) is 0. The molecule has 4 nitrogen and oxygen atoms in total. The van der Waals surface area contributed by atoms with Gasteiger partial charge < -0.3 is 9.30 Å². The van der Waals surface area contributed by atoms with Crippen molar-refractivity contribution in [3.8, 4) is 0 Å². The van der Waals surface area contributed by atoms with Crippen molar-refractivity contribution in [1.82, 2.24) is 8.97 Å². The summed E-state index contributed by atoms with van der Waals surface area (Å²) in [6, 6.07) is 16.6. The molecule has 2 heterocycles. The average Bonchev–Trinajstić information content (AvgIpc) is 3.10. The molecule has 0 saturated carbocycles. The van der Waals surface area contributed by atoms with Crippen molar-refractivity contribution >= 4 is 22.6 Å². The minimum atomic E-state index is -1.19. The maximum atomic E-state index is 14.8. The van der Waals surface area contributed by atoms with E-state index in [0.29, 0.717) is 17.6 Å². The van der Waals surface area contributed by atoms with Gasteiger partial charge >= 0.3 is 5.97 Å². The molecule has 0 bridgehead atoms. The van der Waals surface area contributed by atoms with Gasteiger partial charge in [0.05, 0.1) is 17.6 Å². The van der Waals surface area contributed by atoms with Crippen molar-refractivity contribution in [3.05, 3.63) is 77.5 Å². The fourth-order valence-corrected chi connectivity index (χ4v) is 3.28. The van der Waals surface area contributed by atoms with E-state index in [1.54, 1.807) is 23.6 Å². The number of carbonyl (C=O) groups excluding carboxylic acids is 1. The highest BCUT2D eigenvalue weighted by atomic mass is 19.2. The van der Waals surface area contributed by atoms with Crippen LogP contribution in [0.5, 0.6) is 0 Å². The summed E-state index contributed by atoms with van der Waals surface area (Å²) in [7, 11) is 0. The molecule has 0 spiro atoms. The Balaban J connectivity index is 2.05. The van der Waals surface area contributed by atoms with Crippen molar-refractivity contribution in [1.29, 1.82) is 0 Å². The molecule has 0 atom stereocenters. The van der Waals surface area contributed by atoms with Gasteiger partial charge in [-0.3, -0.25) is 4.40 Å². The highest BCUT2D eigenvalue weighted by Crippen LogP contribution is 2.30. The lowest BCUT2D eigenvalue weighted by atomic mass is 10.2. The molecule has 0 amide bonds. The number of aromatic nitrogens is 2. The van der Waals surface area contributed by atoms with Gasteiger partial charge in [-0.1, -0.05) is 42.5 Å². The van der Waals surface area contributed by atoms with Gasteiger partial charge in [-0.05, 0) is 24.6 Å². The van der Waals surface area contributed by atoms with Crippen LogP contribution in [0.25, 0.3) is 16.7 Å². The van der Waals surface area contributed by atoms with Crippen LogP contribution in [-0.2, 0) is 11.3 Å². The van der Waals surface area contributed by atoms with E-state index in [2.05, 4.69) is 0 Å². The second kappa shape index (κ2) is 6.29. The number of esters is 1. The Morgan fingerprint density at radius 1 is 0.962 bits per heavy atom. The van der Waals surface area contributed by atoms with Crippen LogP contribution in [0.15, 0.2) is 54.6 Å². The first-order valence-corrected chi connectivity index (χ1v) is 8.31. The zero-order valence-corrected chi connectivity index (χ0v) is 14.1. The Bertz CT molecular complexity index is 1110. The third-order valence-electron chi connectivity index (χ3n) is 4.35. The van der Waals surface area contributed by atoms with Crippen molar-refractivity contribution < 1.29 is 18.3 Å². The van der Waals surface area contributed by atoms with E-state index >= 15 is 0 Å². The molecule has 0 aliphatic rings. The summed E-state index contributed by atoms with van der Waals surface area (Å²) >= 11 is 0. The predicted octanol–water partition coefficient (Wildman–Crippen LogP) is 4.40. The van der Waals surface area contributed by atoms with Crippen LogP contribution in [0.2, 0.25) is 0 Å². The topological polar surface area (TPSA) is 35.6 Å². The minimum Gasteiger partial charge on any atom is -0.461 e. The predicted molar refractivity (Wildman–Crippen MR) is 94.3 cm³/mol. The molecule has 0 N–H and O–H groups in total. The third-order valence-corrected chi connectivity index (χ3v) is 4.35. The summed E-state index contributed by atoms with van der Waals surface area (Å²) in [6.45, 7) is 2.05. The number of fused-ring (bicyclic) bond motifs is 3. The number of ether oxygens (including phenoxy) is 1. The lowest BCUT2D eigenvalue weighted by Crippen LogP contribution is -2.09. The second-order valence-electron chi connectivity index (χ2n) is 5.92. The first-order valence-electron chi connectivity index (χ1n) is 8.31. The van der Waals surface area contributed by atoms with Gasteiger partial charge in [0.25, 0.3) is 0 Å². The molecule has 132 valence electrons. The maximum absolute atomic E-state index is 14.8. The first kappa shape index (κ1) is 16.3. The van der Waals surface area contributed by atoms with Crippen molar-refractivity contribution in [2.45, 2.75) is 13.5 Å². The third kappa shape index (κ3) is 2.37. The second-order valence-corrected chi connectivity index (χ2v) is 5.92. The van der Waals surface area contributed by atoms with E-state index in [0.717, 1.165) is 5.56 Å². The lowest BCUT2D eigenvalue weighted by Gasteiger charge is -2.06. The fraction of sp³-hybridized carbons (Fsp3) is 0.150. The molecule has 0 saturated heterocycles. The Morgan fingerprint density at radius 3 is 2.31 bits per heavy atom. The zero-order chi connectivity index (χ0) is 18.3. The molecule has 26 heavy (non-hydrogen) atoms. The van der Waals surface area contributed by atoms with Gasteiger partial charge in [-0.2, -0.15) is 4.39 Å². The van der Waals surface area contributed by atoms with Crippen molar-refractivity contribution in [3.63, 3.8) is 0 Å². The summed E-state index contributed by atoms with van der Waals surface area (Å²) < 4.78 is 37.3. The van der Waals surface area contributed by atoms with Crippen molar-refractivity contribution in [2.24, 2.45) is 0 Å². The number of rotatable bonds is 4. The van der Waals surface area contributed by atoms with Crippen LogP contribution in [0.3, 0.4) is 0 Å². The van der Waals surface area contributed by atoms with E-state index in [1.807, 2.05) is 42.5 Å². The summed E-state index contributed by atoms with van der Waals surface area (Å²) in [5, 5.41) is 0. The molecule has 4 aromatic rings. The quantitative estimate of drug-likeness (QED) is 0.509. The normalized spacial score (nSPS) is 11.3. The number of hydrogen-bond donors (Lipinski definition) is 0. The fourth-order valence-electron chi connectivity index (χ4n) is 3.28. The van der Waals surface area contributed by atoms with Gasteiger partial charge in [0, 0.05) is 6.54 Å². The van der Waals surface area contributed by atoms with Crippen LogP contribution >= 0.6 is 0 Å². The Hall–Kier alpha value is -3.15. The van der Waals surface area contributed by atoms with E-state index < -0.39 is 23.3 Å².